The van der Waals surface area contributed by atoms with Crippen LogP contribution in [0.15, 0.2) is 48.5 Å². The van der Waals surface area contributed by atoms with Crippen molar-refractivity contribution in [2.75, 3.05) is 20.8 Å². The SMILES string of the molecule is CCC(Oc1ccc(OC)cc1)C(=O)NC(C)COc1ccc(OC)cc1. The van der Waals surface area contributed by atoms with Gasteiger partial charge in [0, 0.05) is 0 Å². The first-order valence-corrected chi connectivity index (χ1v) is 8.93. The maximum Gasteiger partial charge on any atom is 0.261 e. The molecule has 0 aromatic heterocycles. The highest BCUT2D eigenvalue weighted by atomic mass is 16.5. The van der Waals surface area contributed by atoms with Crippen molar-refractivity contribution >= 4 is 5.91 Å². The monoisotopic (exact) mass is 373 g/mol. The van der Waals surface area contributed by atoms with Gasteiger partial charge in [0.25, 0.3) is 5.91 Å². The lowest BCUT2D eigenvalue weighted by Gasteiger charge is -2.21. The Hall–Kier alpha value is -2.89. The summed E-state index contributed by atoms with van der Waals surface area (Å²) >= 11 is 0. The quantitative estimate of drug-likeness (QED) is 0.691. The lowest BCUT2D eigenvalue weighted by molar-refractivity contribution is -0.128. The first kappa shape index (κ1) is 20.4. The van der Waals surface area contributed by atoms with Crippen LogP contribution in [-0.4, -0.2) is 38.9 Å². The van der Waals surface area contributed by atoms with E-state index in [1.165, 1.54) is 0 Å². The summed E-state index contributed by atoms with van der Waals surface area (Å²) in [6.45, 7) is 4.16. The number of amides is 1. The molecule has 6 nitrogen and oxygen atoms in total. The molecule has 0 bridgehead atoms. The summed E-state index contributed by atoms with van der Waals surface area (Å²) in [4.78, 5) is 12.5. The Morgan fingerprint density at radius 1 is 0.889 bits per heavy atom. The summed E-state index contributed by atoms with van der Waals surface area (Å²) in [7, 11) is 3.22. The molecular weight excluding hydrogens is 346 g/mol. The fourth-order valence-corrected chi connectivity index (χ4v) is 2.41. The van der Waals surface area contributed by atoms with Crippen molar-refractivity contribution in [1.82, 2.24) is 5.32 Å². The molecule has 0 spiro atoms. The van der Waals surface area contributed by atoms with Crippen molar-refractivity contribution < 1.29 is 23.7 Å². The number of hydrogen-bond donors (Lipinski definition) is 1. The van der Waals surface area contributed by atoms with Crippen LogP contribution in [0, 0.1) is 0 Å². The van der Waals surface area contributed by atoms with Crippen LogP contribution in [0.25, 0.3) is 0 Å². The molecule has 1 amide bonds. The zero-order valence-electron chi connectivity index (χ0n) is 16.2. The van der Waals surface area contributed by atoms with E-state index in [1.807, 2.05) is 38.1 Å². The number of benzene rings is 2. The zero-order valence-corrected chi connectivity index (χ0v) is 16.2. The van der Waals surface area contributed by atoms with Gasteiger partial charge in [-0.05, 0) is 61.9 Å². The molecule has 2 rings (SSSR count). The van der Waals surface area contributed by atoms with Crippen LogP contribution in [0.2, 0.25) is 0 Å². The predicted octanol–water partition coefficient (Wildman–Crippen LogP) is 3.44. The molecule has 0 saturated heterocycles. The highest BCUT2D eigenvalue weighted by molar-refractivity contribution is 5.81. The molecule has 0 aliphatic carbocycles. The van der Waals surface area contributed by atoms with Crippen LogP contribution >= 0.6 is 0 Å². The van der Waals surface area contributed by atoms with Gasteiger partial charge < -0.3 is 24.3 Å². The molecule has 1 N–H and O–H groups in total. The third kappa shape index (κ3) is 6.40. The van der Waals surface area contributed by atoms with Crippen molar-refractivity contribution in [1.29, 1.82) is 0 Å². The summed E-state index contributed by atoms with van der Waals surface area (Å²) in [6.07, 6.45) is -0.00830. The largest absolute Gasteiger partial charge is 0.497 e. The number of carbonyl (C=O) groups is 1. The summed E-state index contributed by atoms with van der Waals surface area (Å²) in [6, 6.07) is 14.3. The second-order valence-corrected chi connectivity index (χ2v) is 6.09. The second kappa shape index (κ2) is 10.3. The minimum Gasteiger partial charge on any atom is -0.497 e. The van der Waals surface area contributed by atoms with E-state index in [0.29, 0.717) is 18.8 Å². The summed E-state index contributed by atoms with van der Waals surface area (Å²) < 4.78 is 21.7. The average Bonchev–Trinajstić information content (AvgIpc) is 2.71. The summed E-state index contributed by atoms with van der Waals surface area (Å²) in [5.74, 6) is 2.69. The first-order chi connectivity index (χ1) is 13.0. The molecule has 2 aromatic rings. The van der Waals surface area contributed by atoms with Crippen LogP contribution in [-0.2, 0) is 4.79 Å². The van der Waals surface area contributed by atoms with Gasteiger partial charge in [-0.1, -0.05) is 6.92 Å². The van der Waals surface area contributed by atoms with Gasteiger partial charge in [0.05, 0.1) is 20.3 Å². The van der Waals surface area contributed by atoms with Crippen LogP contribution in [0.1, 0.15) is 20.3 Å². The van der Waals surface area contributed by atoms with Crippen molar-refractivity contribution in [2.45, 2.75) is 32.4 Å². The minimum atomic E-state index is -0.568. The van der Waals surface area contributed by atoms with Crippen LogP contribution in [0.4, 0.5) is 0 Å². The van der Waals surface area contributed by atoms with Gasteiger partial charge in [-0.3, -0.25) is 4.79 Å². The van der Waals surface area contributed by atoms with Crippen molar-refractivity contribution in [3.05, 3.63) is 48.5 Å². The van der Waals surface area contributed by atoms with E-state index in [4.69, 9.17) is 18.9 Å². The van der Waals surface area contributed by atoms with Crippen LogP contribution < -0.4 is 24.3 Å². The number of carbonyl (C=O) groups excluding carboxylic acids is 1. The van der Waals surface area contributed by atoms with Crippen molar-refractivity contribution in [3.8, 4) is 23.0 Å². The summed E-state index contributed by atoms with van der Waals surface area (Å²) in [5.41, 5.74) is 0. The normalized spacial score (nSPS) is 12.6. The number of methoxy groups -OCH3 is 2. The molecule has 2 atom stereocenters. The number of ether oxygens (including phenoxy) is 4. The van der Waals surface area contributed by atoms with Gasteiger partial charge in [0.1, 0.15) is 29.6 Å². The Morgan fingerprint density at radius 2 is 1.37 bits per heavy atom. The van der Waals surface area contributed by atoms with E-state index in [1.54, 1.807) is 38.5 Å². The molecule has 0 aliphatic heterocycles. The molecule has 27 heavy (non-hydrogen) atoms. The van der Waals surface area contributed by atoms with Gasteiger partial charge in [0.15, 0.2) is 6.10 Å². The van der Waals surface area contributed by atoms with Gasteiger partial charge in [-0.25, -0.2) is 0 Å². The third-order valence-corrected chi connectivity index (χ3v) is 3.95. The molecule has 2 aromatic carbocycles. The van der Waals surface area contributed by atoms with Crippen molar-refractivity contribution in [3.63, 3.8) is 0 Å². The Balaban J connectivity index is 1.82. The van der Waals surface area contributed by atoms with Crippen LogP contribution in [0.5, 0.6) is 23.0 Å². The van der Waals surface area contributed by atoms with Crippen LogP contribution in [0.3, 0.4) is 0 Å². The molecule has 0 saturated carbocycles. The maximum atomic E-state index is 12.5. The first-order valence-electron chi connectivity index (χ1n) is 8.93. The lowest BCUT2D eigenvalue weighted by atomic mass is 10.2. The Bertz CT molecular complexity index is 700. The van der Waals surface area contributed by atoms with Gasteiger partial charge in [-0.15, -0.1) is 0 Å². The fourth-order valence-electron chi connectivity index (χ4n) is 2.41. The highest BCUT2D eigenvalue weighted by Gasteiger charge is 2.20. The van der Waals surface area contributed by atoms with Gasteiger partial charge >= 0.3 is 0 Å². The fraction of sp³-hybridized carbons (Fsp3) is 0.381. The smallest absolute Gasteiger partial charge is 0.261 e. The predicted molar refractivity (Wildman–Crippen MR) is 104 cm³/mol. The molecule has 0 fully saturated rings. The van der Waals surface area contributed by atoms with Crippen molar-refractivity contribution in [2.24, 2.45) is 0 Å². The second-order valence-electron chi connectivity index (χ2n) is 6.09. The van der Waals surface area contributed by atoms with E-state index in [9.17, 15) is 4.79 Å². The molecule has 146 valence electrons. The third-order valence-electron chi connectivity index (χ3n) is 3.95. The lowest BCUT2D eigenvalue weighted by Crippen LogP contribution is -2.44. The Kier molecular flexibility index (Phi) is 7.79. The maximum absolute atomic E-state index is 12.5. The topological polar surface area (TPSA) is 66.0 Å². The number of nitrogens with one attached hydrogen (secondary N) is 1. The van der Waals surface area contributed by atoms with E-state index in [2.05, 4.69) is 5.32 Å². The summed E-state index contributed by atoms with van der Waals surface area (Å²) in [5, 5.41) is 2.93. The zero-order chi connectivity index (χ0) is 19.6. The van der Waals surface area contributed by atoms with Gasteiger partial charge in [0.2, 0.25) is 0 Å². The Morgan fingerprint density at radius 3 is 1.85 bits per heavy atom. The van der Waals surface area contributed by atoms with E-state index < -0.39 is 6.10 Å². The standard InChI is InChI=1S/C21H27NO5/c1-5-20(27-19-12-8-17(25-4)9-13-19)21(23)22-15(2)14-26-18-10-6-16(24-3)7-11-18/h6-13,15,20H,5,14H2,1-4H3,(H,22,23). The molecule has 6 heteroatoms. The van der Waals surface area contributed by atoms with E-state index in [-0.39, 0.29) is 11.9 Å². The number of rotatable bonds is 10. The molecule has 2 unspecified atom stereocenters. The average molecular weight is 373 g/mol. The number of hydrogen-bond acceptors (Lipinski definition) is 5. The minimum absolute atomic E-state index is 0.159. The van der Waals surface area contributed by atoms with E-state index in [0.717, 1.165) is 17.2 Å². The molecule has 0 radical (unpaired) electrons. The van der Waals surface area contributed by atoms with E-state index >= 15 is 0 Å². The highest BCUT2D eigenvalue weighted by Crippen LogP contribution is 2.19. The molecular formula is C21H27NO5. The van der Waals surface area contributed by atoms with Gasteiger partial charge in [-0.2, -0.15) is 0 Å². The Labute approximate surface area is 160 Å². The molecule has 0 aliphatic rings. The molecule has 0 heterocycles.